The Morgan fingerprint density at radius 3 is 1.00 bits per heavy atom. The third kappa shape index (κ3) is 143. The second-order valence-electron chi connectivity index (χ2n) is 0.214. The van der Waals surface area contributed by atoms with Gasteiger partial charge in [-0.2, -0.15) is 13.5 Å². The number of hydrogen-bond donors (Lipinski definition) is 0. The molecule has 0 radical (unpaired) electrons. The smallest absolute Gasteiger partial charge is 0.385 e. The fraction of sp³-hybridized carbons (Fsp3) is 0. The molecule has 0 fully saturated rings. The van der Waals surface area contributed by atoms with Crippen LogP contribution in [0.3, 0.4) is 0 Å². The van der Waals surface area contributed by atoms with Gasteiger partial charge in [0.1, 0.15) is 0 Å². The first-order valence-corrected chi connectivity index (χ1v) is 0.567. The number of hydrogen-bond acceptors (Lipinski definition) is 0. The Balaban J connectivity index is -0.0000000450. The molecule has 0 aromatic carbocycles. The molecule has 0 heterocycles. The summed E-state index contributed by atoms with van der Waals surface area (Å²) in [5.74, 6) is 0. The van der Waals surface area contributed by atoms with E-state index in [0.717, 1.165) is 0 Å². The van der Waals surface area contributed by atoms with Crippen LogP contribution in [0.15, 0.2) is 0 Å². The maximum absolute atomic E-state index is 9.58. The zero-order valence-corrected chi connectivity index (χ0v) is 4.38. The Labute approximate surface area is 51.0 Å². The summed E-state index contributed by atoms with van der Waals surface area (Å²) in [5, 5.41) is 0. The molecule has 0 N–H and O–H groups in total. The molecular weight excluding hydrogens is 165 g/mol. The Bertz CT molecular complexity index is 15.5. The van der Waals surface area contributed by atoms with Crippen molar-refractivity contribution in [3.05, 3.63) is 6.68 Å². The predicted octanol–water partition coefficient (Wildman–Crippen LogP) is 1.45. The SMILES string of the molecule is F[C-](F)F.S.[Cu+]. The molecule has 0 spiro atoms. The van der Waals surface area contributed by atoms with Gasteiger partial charge in [-0.1, -0.05) is 0 Å². The van der Waals surface area contributed by atoms with Crippen molar-refractivity contribution in [2.45, 2.75) is 0 Å². The van der Waals surface area contributed by atoms with Crippen molar-refractivity contribution in [2.24, 2.45) is 0 Å². The molecule has 0 rings (SSSR count). The van der Waals surface area contributed by atoms with Gasteiger partial charge in [0.25, 0.3) is 0 Å². The molecule has 0 atom stereocenters. The van der Waals surface area contributed by atoms with Gasteiger partial charge in [-0.25, -0.2) is 0 Å². The first kappa shape index (κ1) is 15.9. The molecule has 0 saturated carbocycles. The Morgan fingerprint density at radius 1 is 1.00 bits per heavy atom. The minimum atomic E-state index is -3.08. The maximum Gasteiger partial charge on any atom is 1.00 e. The zero-order chi connectivity index (χ0) is 3.58. The molecule has 0 aromatic heterocycles. The van der Waals surface area contributed by atoms with Gasteiger partial charge in [0.05, 0.1) is 0 Å². The van der Waals surface area contributed by atoms with Crippen LogP contribution in [0.2, 0.25) is 0 Å². The standard InChI is InChI=1S/CF3.Cu.H2S/c2-1(3)4;;/h;;1H2/q-1;+1;. The summed E-state index contributed by atoms with van der Waals surface area (Å²) in [6.45, 7) is -3.08. The van der Waals surface area contributed by atoms with Crippen molar-refractivity contribution < 1.29 is 30.2 Å². The fourth-order valence-corrected chi connectivity index (χ4v) is 0. The largest absolute Gasteiger partial charge is 1.00 e. The van der Waals surface area contributed by atoms with Crippen LogP contribution in [0, 0.1) is 6.68 Å². The maximum atomic E-state index is 9.58. The Morgan fingerprint density at radius 2 is 1.00 bits per heavy atom. The average molecular weight is 167 g/mol. The molecule has 0 aliphatic heterocycles. The molecule has 0 aliphatic rings. The molecule has 0 bridgehead atoms. The molecule has 0 aromatic rings. The molecule has 0 aliphatic carbocycles. The number of halogens is 3. The van der Waals surface area contributed by atoms with Crippen LogP contribution in [0.25, 0.3) is 0 Å². The monoisotopic (exact) mass is 166 g/mol. The van der Waals surface area contributed by atoms with E-state index in [1.807, 2.05) is 0 Å². The summed E-state index contributed by atoms with van der Waals surface area (Å²) in [4.78, 5) is 0. The fourth-order valence-electron chi connectivity index (χ4n) is 0. The van der Waals surface area contributed by atoms with Gasteiger partial charge in [0, 0.05) is 0 Å². The van der Waals surface area contributed by atoms with Gasteiger partial charge in [-0.3, -0.25) is 0 Å². The summed E-state index contributed by atoms with van der Waals surface area (Å²) in [7, 11) is 0. The summed E-state index contributed by atoms with van der Waals surface area (Å²) in [5.41, 5.74) is 0. The summed E-state index contributed by atoms with van der Waals surface area (Å²) < 4.78 is 28.8. The topological polar surface area (TPSA) is 0 Å². The van der Waals surface area contributed by atoms with Gasteiger partial charge in [-0.05, 0) is 0 Å². The van der Waals surface area contributed by atoms with E-state index in [1.54, 1.807) is 0 Å². The van der Waals surface area contributed by atoms with Crippen molar-refractivity contribution in [3.63, 3.8) is 0 Å². The van der Waals surface area contributed by atoms with Crippen molar-refractivity contribution in [1.29, 1.82) is 0 Å². The van der Waals surface area contributed by atoms with E-state index in [1.165, 1.54) is 0 Å². The molecule has 6 heavy (non-hydrogen) atoms. The van der Waals surface area contributed by atoms with E-state index in [2.05, 4.69) is 0 Å². The van der Waals surface area contributed by atoms with E-state index in [0.29, 0.717) is 0 Å². The Hall–Kier alpha value is 0.659. The van der Waals surface area contributed by atoms with Gasteiger partial charge in [0.15, 0.2) is 6.68 Å². The van der Waals surface area contributed by atoms with E-state index >= 15 is 0 Å². The second-order valence-corrected chi connectivity index (χ2v) is 0.214. The summed E-state index contributed by atoms with van der Waals surface area (Å²) in [6.07, 6.45) is 0. The minimum Gasteiger partial charge on any atom is -0.385 e. The molecule has 5 heteroatoms. The second kappa shape index (κ2) is 9.18. The van der Waals surface area contributed by atoms with Gasteiger partial charge in [0.2, 0.25) is 0 Å². The third-order valence-electron chi connectivity index (χ3n) is 0. The van der Waals surface area contributed by atoms with E-state index in [4.69, 9.17) is 0 Å². The van der Waals surface area contributed by atoms with Gasteiger partial charge in [-0.15, -0.1) is 0 Å². The average Bonchev–Trinajstić information content (AvgIpc) is 0.811. The minimum absolute atomic E-state index is 0. The molecule has 44 valence electrons. The van der Waals surface area contributed by atoms with Crippen LogP contribution in [-0.4, -0.2) is 0 Å². The van der Waals surface area contributed by atoms with Crippen LogP contribution >= 0.6 is 13.5 Å². The van der Waals surface area contributed by atoms with Crippen LogP contribution in [0.4, 0.5) is 13.2 Å². The van der Waals surface area contributed by atoms with E-state index in [9.17, 15) is 13.2 Å². The first-order chi connectivity index (χ1) is 1.73. The van der Waals surface area contributed by atoms with Crippen molar-refractivity contribution in [1.82, 2.24) is 0 Å². The van der Waals surface area contributed by atoms with Crippen molar-refractivity contribution in [3.8, 4) is 0 Å². The number of rotatable bonds is 0. The summed E-state index contributed by atoms with van der Waals surface area (Å²) in [6, 6.07) is 0. The van der Waals surface area contributed by atoms with Crippen LogP contribution < -0.4 is 0 Å². The third-order valence-corrected chi connectivity index (χ3v) is 0. The molecular formula is CH2CuF3S. The quantitative estimate of drug-likeness (QED) is 0.378. The van der Waals surface area contributed by atoms with Gasteiger partial charge < -0.3 is 13.2 Å². The van der Waals surface area contributed by atoms with Crippen molar-refractivity contribution >= 4 is 13.5 Å². The first-order valence-electron chi connectivity index (χ1n) is 0.567. The zero-order valence-electron chi connectivity index (χ0n) is 2.44. The Kier molecular flexibility index (Phi) is 24.4. The molecule has 0 unspecified atom stereocenters. The van der Waals surface area contributed by atoms with Crippen LogP contribution in [0.5, 0.6) is 0 Å². The molecule has 0 amide bonds. The van der Waals surface area contributed by atoms with Crippen molar-refractivity contribution in [2.75, 3.05) is 0 Å². The van der Waals surface area contributed by atoms with E-state index in [-0.39, 0.29) is 30.6 Å². The molecule has 0 nitrogen and oxygen atoms in total. The van der Waals surface area contributed by atoms with Crippen LogP contribution in [-0.2, 0) is 17.1 Å². The predicted molar refractivity (Wildman–Crippen MR) is 16.9 cm³/mol. The molecule has 0 saturated heterocycles. The van der Waals surface area contributed by atoms with Gasteiger partial charge >= 0.3 is 17.1 Å². The summed E-state index contributed by atoms with van der Waals surface area (Å²) >= 11 is 0. The van der Waals surface area contributed by atoms with Crippen LogP contribution in [0.1, 0.15) is 0 Å². The normalized spacial score (nSPS) is 6.00. The van der Waals surface area contributed by atoms with E-state index < -0.39 is 6.68 Å².